The number of carbonyl (C=O) groups is 1. The number of rotatable bonds is 6. The van der Waals surface area contributed by atoms with Crippen molar-refractivity contribution >= 4 is 15.7 Å². The zero-order valence-electron chi connectivity index (χ0n) is 13.8. The summed E-state index contributed by atoms with van der Waals surface area (Å²) >= 11 is 0. The van der Waals surface area contributed by atoms with Gasteiger partial charge in [0.2, 0.25) is 17.6 Å². The highest BCUT2D eigenvalue weighted by atomic mass is 32.2. The number of aromatic nitrogens is 2. The number of hydrogen-bond donors (Lipinski definition) is 1. The molecule has 25 heavy (non-hydrogen) atoms. The van der Waals surface area contributed by atoms with Crippen molar-refractivity contribution < 1.29 is 22.5 Å². The Balaban J connectivity index is 1.52. The zero-order valence-corrected chi connectivity index (χ0v) is 14.6. The summed E-state index contributed by atoms with van der Waals surface area (Å²) in [5.41, 5.74) is 0.788. The van der Waals surface area contributed by atoms with E-state index in [4.69, 9.17) is 9.26 Å². The van der Waals surface area contributed by atoms with E-state index >= 15 is 0 Å². The molecular weight excluding hydrogens is 346 g/mol. The van der Waals surface area contributed by atoms with E-state index in [1.54, 1.807) is 19.2 Å². The van der Waals surface area contributed by atoms with Crippen LogP contribution in [0.3, 0.4) is 0 Å². The van der Waals surface area contributed by atoms with Gasteiger partial charge < -0.3 is 14.6 Å². The SMILES string of the molecule is COc1ccc(-c2noc(CCC(=O)NC3CCS(=O)(=O)C3)n2)cc1. The van der Waals surface area contributed by atoms with Crippen LogP contribution < -0.4 is 10.1 Å². The average molecular weight is 365 g/mol. The van der Waals surface area contributed by atoms with Crippen molar-refractivity contribution in [1.82, 2.24) is 15.5 Å². The molecule has 2 heterocycles. The Morgan fingerprint density at radius 3 is 2.76 bits per heavy atom. The van der Waals surface area contributed by atoms with Gasteiger partial charge >= 0.3 is 0 Å². The maximum atomic E-state index is 11.9. The summed E-state index contributed by atoms with van der Waals surface area (Å²) in [6.07, 6.45) is 0.936. The first-order chi connectivity index (χ1) is 11.9. The van der Waals surface area contributed by atoms with Crippen molar-refractivity contribution in [3.63, 3.8) is 0 Å². The van der Waals surface area contributed by atoms with Crippen LogP contribution in [-0.2, 0) is 21.1 Å². The van der Waals surface area contributed by atoms with Crippen molar-refractivity contribution in [2.75, 3.05) is 18.6 Å². The minimum absolute atomic E-state index is 0.0148. The molecule has 1 amide bonds. The maximum Gasteiger partial charge on any atom is 0.227 e. The molecule has 0 aliphatic carbocycles. The third-order valence-electron chi connectivity index (χ3n) is 3.98. The summed E-state index contributed by atoms with van der Waals surface area (Å²) in [6.45, 7) is 0. The van der Waals surface area contributed by atoms with Crippen LogP contribution in [0.15, 0.2) is 28.8 Å². The van der Waals surface area contributed by atoms with Gasteiger partial charge in [-0.25, -0.2) is 8.42 Å². The minimum atomic E-state index is -3.01. The molecule has 1 aliphatic heterocycles. The highest BCUT2D eigenvalue weighted by molar-refractivity contribution is 7.91. The molecule has 0 saturated carbocycles. The number of aryl methyl sites for hydroxylation is 1. The molecule has 1 unspecified atom stereocenters. The second-order valence-electron chi connectivity index (χ2n) is 5.91. The number of sulfone groups is 1. The molecule has 1 fully saturated rings. The molecule has 0 radical (unpaired) electrons. The number of ether oxygens (including phenoxy) is 1. The number of benzene rings is 1. The molecule has 8 nitrogen and oxygen atoms in total. The molecule has 3 rings (SSSR count). The number of nitrogens with one attached hydrogen (secondary N) is 1. The van der Waals surface area contributed by atoms with Gasteiger partial charge in [0.1, 0.15) is 5.75 Å². The van der Waals surface area contributed by atoms with Crippen LogP contribution >= 0.6 is 0 Å². The van der Waals surface area contributed by atoms with Crippen LogP contribution in [0, 0.1) is 0 Å². The number of carbonyl (C=O) groups excluding carboxylic acids is 1. The maximum absolute atomic E-state index is 11.9. The van der Waals surface area contributed by atoms with Crippen LogP contribution in [0.2, 0.25) is 0 Å². The van der Waals surface area contributed by atoms with Crippen molar-refractivity contribution in [1.29, 1.82) is 0 Å². The first kappa shape index (κ1) is 17.4. The van der Waals surface area contributed by atoms with E-state index in [1.165, 1.54) is 0 Å². The van der Waals surface area contributed by atoms with Crippen molar-refractivity contribution in [3.05, 3.63) is 30.2 Å². The molecule has 1 N–H and O–H groups in total. The molecule has 2 aromatic rings. The normalized spacial score (nSPS) is 18.8. The molecular formula is C16H19N3O5S. The van der Waals surface area contributed by atoms with E-state index in [0.717, 1.165) is 11.3 Å². The summed E-state index contributed by atoms with van der Waals surface area (Å²) in [6, 6.07) is 6.94. The van der Waals surface area contributed by atoms with E-state index in [1.807, 2.05) is 12.1 Å². The molecule has 0 bridgehead atoms. The smallest absolute Gasteiger partial charge is 0.227 e. The van der Waals surface area contributed by atoms with Crippen LogP contribution in [0.1, 0.15) is 18.7 Å². The lowest BCUT2D eigenvalue weighted by atomic mass is 10.2. The van der Waals surface area contributed by atoms with Gasteiger partial charge in [-0.3, -0.25) is 4.79 Å². The number of methoxy groups -OCH3 is 1. The molecule has 1 atom stereocenters. The summed E-state index contributed by atoms with van der Waals surface area (Å²) in [5.74, 6) is 1.47. The standard InChI is InChI=1S/C16H19N3O5S/c1-23-13-4-2-11(3-5-13)16-18-15(24-19-16)7-6-14(20)17-12-8-9-25(21,22)10-12/h2-5,12H,6-10H2,1H3,(H,17,20). The molecule has 134 valence electrons. The monoisotopic (exact) mass is 365 g/mol. The quantitative estimate of drug-likeness (QED) is 0.812. The van der Waals surface area contributed by atoms with E-state index < -0.39 is 9.84 Å². The Hall–Kier alpha value is -2.42. The Labute approximate surface area is 145 Å². The number of amides is 1. The first-order valence-electron chi connectivity index (χ1n) is 7.92. The van der Waals surface area contributed by atoms with Crippen molar-refractivity contribution in [2.24, 2.45) is 0 Å². The predicted octanol–water partition coefficient (Wildman–Crippen LogP) is 0.981. The van der Waals surface area contributed by atoms with Crippen LogP contribution in [0.4, 0.5) is 0 Å². The largest absolute Gasteiger partial charge is 0.497 e. The summed E-state index contributed by atoms with van der Waals surface area (Å²) < 4.78 is 33.0. The van der Waals surface area contributed by atoms with E-state index in [9.17, 15) is 13.2 Å². The fourth-order valence-corrected chi connectivity index (χ4v) is 4.32. The second kappa shape index (κ2) is 7.22. The summed E-state index contributed by atoms with van der Waals surface area (Å²) in [7, 11) is -1.41. The minimum Gasteiger partial charge on any atom is -0.497 e. The zero-order chi connectivity index (χ0) is 17.9. The van der Waals surface area contributed by atoms with Gasteiger partial charge in [0.05, 0.1) is 18.6 Å². The topological polar surface area (TPSA) is 111 Å². The number of nitrogens with zero attached hydrogens (tertiary/aromatic N) is 2. The lowest BCUT2D eigenvalue weighted by Gasteiger charge is -2.09. The van der Waals surface area contributed by atoms with Gasteiger partial charge in [-0.15, -0.1) is 0 Å². The lowest BCUT2D eigenvalue weighted by Crippen LogP contribution is -2.35. The van der Waals surface area contributed by atoms with E-state index in [0.29, 0.717) is 24.6 Å². The lowest BCUT2D eigenvalue weighted by molar-refractivity contribution is -0.121. The molecule has 1 aromatic heterocycles. The van der Waals surface area contributed by atoms with Crippen molar-refractivity contribution in [2.45, 2.75) is 25.3 Å². The Bertz CT molecular complexity index is 845. The fraction of sp³-hybridized carbons (Fsp3) is 0.438. The third-order valence-corrected chi connectivity index (χ3v) is 5.75. The second-order valence-corrected chi connectivity index (χ2v) is 8.14. The first-order valence-corrected chi connectivity index (χ1v) is 9.74. The van der Waals surface area contributed by atoms with Gasteiger partial charge in [-0.05, 0) is 30.7 Å². The van der Waals surface area contributed by atoms with Crippen LogP contribution in [0.25, 0.3) is 11.4 Å². The number of hydrogen-bond acceptors (Lipinski definition) is 7. The highest BCUT2D eigenvalue weighted by Crippen LogP contribution is 2.20. The van der Waals surface area contributed by atoms with Crippen LogP contribution in [0.5, 0.6) is 5.75 Å². The van der Waals surface area contributed by atoms with Gasteiger partial charge in [-0.1, -0.05) is 5.16 Å². The van der Waals surface area contributed by atoms with Gasteiger partial charge in [0.15, 0.2) is 9.84 Å². The molecule has 0 spiro atoms. The highest BCUT2D eigenvalue weighted by Gasteiger charge is 2.28. The average Bonchev–Trinajstić information content (AvgIpc) is 3.19. The summed E-state index contributed by atoms with van der Waals surface area (Å²) in [4.78, 5) is 16.2. The van der Waals surface area contributed by atoms with Crippen LogP contribution in [-0.4, -0.2) is 49.1 Å². The van der Waals surface area contributed by atoms with E-state index in [2.05, 4.69) is 15.5 Å². The Kier molecular flexibility index (Phi) is 5.03. The molecule has 9 heteroatoms. The van der Waals surface area contributed by atoms with Gasteiger partial charge in [0, 0.05) is 24.4 Å². The Morgan fingerprint density at radius 2 is 2.12 bits per heavy atom. The van der Waals surface area contributed by atoms with Crippen molar-refractivity contribution in [3.8, 4) is 17.1 Å². The van der Waals surface area contributed by atoms with Gasteiger partial charge in [-0.2, -0.15) is 4.98 Å². The Morgan fingerprint density at radius 1 is 1.36 bits per heavy atom. The molecule has 1 saturated heterocycles. The molecule has 1 aliphatic rings. The third kappa shape index (κ3) is 4.56. The molecule has 1 aromatic carbocycles. The predicted molar refractivity (Wildman–Crippen MR) is 89.8 cm³/mol. The van der Waals surface area contributed by atoms with Gasteiger partial charge in [0.25, 0.3) is 0 Å². The van der Waals surface area contributed by atoms with E-state index in [-0.39, 0.29) is 29.9 Å². The summed E-state index contributed by atoms with van der Waals surface area (Å²) in [5, 5.41) is 6.64. The fourth-order valence-electron chi connectivity index (χ4n) is 2.64.